The lowest BCUT2D eigenvalue weighted by Gasteiger charge is -2.31. The van der Waals surface area contributed by atoms with Gasteiger partial charge in [-0.3, -0.25) is 4.90 Å². The van der Waals surface area contributed by atoms with E-state index in [4.69, 9.17) is 4.98 Å². The van der Waals surface area contributed by atoms with Gasteiger partial charge in [-0.2, -0.15) is 0 Å². The van der Waals surface area contributed by atoms with Gasteiger partial charge in [0.05, 0.1) is 11.4 Å². The first-order chi connectivity index (χ1) is 22.5. The minimum atomic E-state index is -0.0216. The van der Waals surface area contributed by atoms with Crippen LogP contribution in [0.5, 0.6) is 0 Å². The van der Waals surface area contributed by atoms with E-state index < -0.39 is 0 Å². The molecule has 7 rings (SSSR count). The number of fused-ring (bicyclic) bond motifs is 5. The largest absolute Gasteiger partial charge is 0.310 e. The second-order valence-electron chi connectivity index (χ2n) is 14.4. The smallest absolute Gasteiger partial charge is 0.137 e. The van der Waals surface area contributed by atoms with Crippen LogP contribution in [-0.4, -0.2) is 4.98 Å². The SMILES string of the molecule is CC(C)(C)c1cc(Br)cc(N(c2ccccc2)c2ccc3c(c2)N(c2cc(C(C)(C)C)ccn2)c2ccccc2-c2ccccc2-3)c1. The summed E-state index contributed by atoms with van der Waals surface area (Å²) in [5.41, 5.74) is 12.7. The third-order valence-electron chi connectivity index (χ3n) is 8.99. The Morgan fingerprint density at radius 1 is 0.511 bits per heavy atom. The lowest BCUT2D eigenvalue weighted by atomic mass is 9.87. The molecule has 0 atom stereocenters. The van der Waals surface area contributed by atoms with Crippen molar-refractivity contribution in [3.63, 3.8) is 0 Å². The van der Waals surface area contributed by atoms with Gasteiger partial charge in [-0.25, -0.2) is 4.98 Å². The third kappa shape index (κ3) is 5.87. The average molecular weight is 679 g/mol. The van der Waals surface area contributed by atoms with Gasteiger partial charge >= 0.3 is 0 Å². The molecule has 4 heteroatoms. The molecule has 2 heterocycles. The van der Waals surface area contributed by atoms with E-state index in [1.54, 1.807) is 0 Å². The summed E-state index contributed by atoms with van der Waals surface area (Å²) in [5, 5.41) is 0. The quantitative estimate of drug-likeness (QED) is 0.185. The van der Waals surface area contributed by atoms with Crippen molar-refractivity contribution >= 4 is 50.2 Å². The van der Waals surface area contributed by atoms with Gasteiger partial charge in [-0.1, -0.05) is 124 Å². The Morgan fingerprint density at radius 3 is 1.81 bits per heavy atom. The van der Waals surface area contributed by atoms with Crippen molar-refractivity contribution in [2.24, 2.45) is 0 Å². The Kier molecular flexibility index (Phi) is 7.80. The molecule has 47 heavy (non-hydrogen) atoms. The lowest BCUT2D eigenvalue weighted by Crippen LogP contribution is -2.17. The Balaban J connectivity index is 1.53. The molecule has 5 aromatic carbocycles. The van der Waals surface area contributed by atoms with Crippen molar-refractivity contribution in [3.05, 3.63) is 149 Å². The molecule has 0 N–H and O–H groups in total. The molecular weight excluding hydrogens is 638 g/mol. The number of benzene rings is 5. The van der Waals surface area contributed by atoms with Gasteiger partial charge in [-0.15, -0.1) is 0 Å². The van der Waals surface area contributed by atoms with Crippen LogP contribution in [-0.2, 0) is 10.8 Å². The molecule has 234 valence electrons. The summed E-state index contributed by atoms with van der Waals surface area (Å²) in [6.07, 6.45) is 1.95. The first-order valence-electron chi connectivity index (χ1n) is 16.2. The average Bonchev–Trinajstić information content (AvgIpc) is 3.17. The summed E-state index contributed by atoms with van der Waals surface area (Å²) in [6, 6.07) is 46.1. The van der Waals surface area contributed by atoms with E-state index in [1.165, 1.54) is 33.4 Å². The standard InChI is InChI=1S/C43H40BrN3/c1-42(2,3)29-22-23-45-41(26-29)47-39-19-13-12-18-37(39)35-16-10-11-17-36(35)38-21-20-33(28-40(38)47)46(32-14-8-7-9-15-32)34-25-30(43(4,5)6)24-31(44)27-34/h7-28H,1-6H3. The molecule has 1 aromatic heterocycles. The van der Waals surface area contributed by atoms with Crippen molar-refractivity contribution in [1.29, 1.82) is 0 Å². The van der Waals surface area contributed by atoms with Crippen LogP contribution >= 0.6 is 15.9 Å². The van der Waals surface area contributed by atoms with Gasteiger partial charge in [0, 0.05) is 38.9 Å². The summed E-state index contributed by atoms with van der Waals surface area (Å²) < 4.78 is 1.06. The van der Waals surface area contributed by atoms with Crippen LogP contribution in [0.3, 0.4) is 0 Å². The fraction of sp³-hybridized carbons (Fsp3) is 0.186. The highest BCUT2D eigenvalue weighted by molar-refractivity contribution is 9.10. The number of anilines is 6. The highest BCUT2D eigenvalue weighted by atomic mass is 79.9. The van der Waals surface area contributed by atoms with Crippen molar-refractivity contribution < 1.29 is 0 Å². The van der Waals surface area contributed by atoms with Gasteiger partial charge in [0.15, 0.2) is 0 Å². The van der Waals surface area contributed by atoms with Gasteiger partial charge in [0.2, 0.25) is 0 Å². The molecule has 0 amide bonds. The highest BCUT2D eigenvalue weighted by Crippen LogP contribution is 2.52. The highest BCUT2D eigenvalue weighted by Gasteiger charge is 2.29. The maximum absolute atomic E-state index is 5.03. The molecular formula is C43H40BrN3. The van der Waals surface area contributed by atoms with Gasteiger partial charge in [0.1, 0.15) is 5.82 Å². The third-order valence-corrected chi connectivity index (χ3v) is 9.45. The number of halogens is 1. The molecule has 0 fully saturated rings. The fourth-order valence-electron chi connectivity index (χ4n) is 6.47. The molecule has 1 aliphatic rings. The van der Waals surface area contributed by atoms with Crippen molar-refractivity contribution in [2.75, 3.05) is 9.80 Å². The van der Waals surface area contributed by atoms with Crippen molar-refractivity contribution in [1.82, 2.24) is 4.98 Å². The lowest BCUT2D eigenvalue weighted by molar-refractivity contribution is 0.589. The summed E-state index contributed by atoms with van der Waals surface area (Å²) in [5.74, 6) is 0.903. The molecule has 0 saturated heterocycles. The number of hydrogen-bond donors (Lipinski definition) is 0. The Morgan fingerprint density at radius 2 is 1.13 bits per heavy atom. The van der Waals surface area contributed by atoms with Crippen molar-refractivity contribution in [2.45, 2.75) is 52.4 Å². The van der Waals surface area contributed by atoms with Gasteiger partial charge in [0.25, 0.3) is 0 Å². The molecule has 0 radical (unpaired) electrons. The molecule has 6 aromatic rings. The van der Waals surface area contributed by atoms with E-state index >= 15 is 0 Å². The minimum Gasteiger partial charge on any atom is -0.310 e. The zero-order valence-corrected chi connectivity index (χ0v) is 29.5. The summed E-state index contributed by atoms with van der Waals surface area (Å²) >= 11 is 3.84. The summed E-state index contributed by atoms with van der Waals surface area (Å²) in [4.78, 5) is 9.74. The van der Waals surface area contributed by atoms with E-state index in [0.717, 1.165) is 38.7 Å². The zero-order valence-electron chi connectivity index (χ0n) is 27.9. The minimum absolute atomic E-state index is 0.0113. The zero-order chi connectivity index (χ0) is 32.9. The topological polar surface area (TPSA) is 19.4 Å². The number of rotatable bonds is 4. The van der Waals surface area contributed by atoms with E-state index in [9.17, 15) is 0 Å². The van der Waals surface area contributed by atoms with Crippen LogP contribution in [0.2, 0.25) is 0 Å². The molecule has 1 aliphatic heterocycles. The van der Waals surface area contributed by atoms with E-state index in [-0.39, 0.29) is 10.8 Å². The number of nitrogens with zero attached hydrogens (tertiary/aromatic N) is 3. The number of para-hydroxylation sites is 2. The number of hydrogen-bond acceptors (Lipinski definition) is 3. The first kappa shape index (κ1) is 31.0. The monoisotopic (exact) mass is 677 g/mol. The second-order valence-corrected chi connectivity index (χ2v) is 15.3. The first-order valence-corrected chi connectivity index (χ1v) is 17.0. The van der Waals surface area contributed by atoms with Crippen LogP contribution in [0.1, 0.15) is 52.7 Å². The normalized spacial score (nSPS) is 12.5. The van der Waals surface area contributed by atoms with Crippen LogP contribution in [0, 0.1) is 0 Å². The Labute approximate surface area is 287 Å². The van der Waals surface area contributed by atoms with Crippen LogP contribution < -0.4 is 9.80 Å². The fourth-order valence-corrected chi connectivity index (χ4v) is 6.95. The number of aromatic nitrogens is 1. The predicted molar refractivity (Wildman–Crippen MR) is 203 cm³/mol. The Bertz CT molecular complexity index is 2090. The maximum Gasteiger partial charge on any atom is 0.137 e. The number of pyridine rings is 1. The van der Waals surface area contributed by atoms with Crippen LogP contribution in [0.25, 0.3) is 22.3 Å². The van der Waals surface area contributed by atoms with E-state index in [0.29, 0.717) is 0 Å². The van der Waals surface area contributed by atoms with Crippen molar-refractivity contribution in [3.8, 4) is 22.3 Å². The van der Waals surface area contributed by atoms with Gasteiger partial charge in [-0.05, 0) is 93.7 Å². The molecule has 0 bridgehead atoms. The summed E-state index contributed by atoms with van der Waals surface area (Å²) in [6.45, 7) is 13.6. The van der Waals surface area contributed by atoms with E-state index in [1.807, 2.05) is 6.20 Å². The molecule has 3 nitrogen and oxygen atoms in total. The van der Waals surface area contributed by atoms with Crippen LogP contribution in [0.15, 0.2) is 138 Å². The second kappa shape index (κ2) is 11.8. The van der Waals surface area contributed by atoms with E-state index in [2.05, 4.69) is 195 Å². The molecule has 0 spiro atoms. The maximum atomic E-state index is 5.03. The predicted octanol–water partition coefficient (Wildman–Crippen LogP) is 13.0. The van der Waals surface area contributed by atoms with Crippen LogP contribution in [0.4, 0.5) is 34.3 Å². The Hall–Kier alpha value is -4.67. The molecule has 0 unspecified atom stereocenters. The summed E-state index contributed by atoms with van der Waals surface area (Å²) in [7, 11) is 0. The molecule has 0 saturated carbocycles. The van der Waals surface area contributed by atoms with Gasteiger partial charge < -0.3 is 4.90 Å². The molecule has 0 aliphatic carbocycles.